The number of nitrogens with zero attached hydrogens (tertiary/aromatic N) is 3. The maximum atomic E-state index is 12.4. The van der Waals surface area contributed by atoms with Gasteiger partial charge in [0.15, 0.2) is 0 Å². The van der Waals surface area contributed by atoms with Crippen molar-refractivity contribution in [3.05, 3.63) is 39.9 Å². The van der Waals surface area contributed by atoms with Crippen molar-refractivity contribution in [2.24, 2.45) is 5.92 Å². The molecule has 8 heteroatoms. The maximum Gasteiger partial charge on any atom is 0.229 e. The highest BCUT2D eigenvalue weighted by atomic mass is 35.5. The quantitative estimate of drug-likeness (QED) is 0.838. The lowest BCUT2D eigenvalue weighted by atomic mass is 10.1. The number of amides is 2. The van der Waals surface area contributed by atoms with Crippen LogP contribution in [0.4, 0.5) is 5.13 Å². The molecule has 0 spiro atoms. The second-order valence-corrected chi connectivity index (χ2v) is 7.45. The molecule has 0 radical (unpaired) electrons. The second kappa shape index (κ2) is 7.93. The monoisotopic (exact) mass is 378 g/mol. The molecule has 1 atom stereocenters. The van der Waals surface area contributed by atoms with E-state index in [0.717, 1.165) is 23.4 Å². The Balaban J connectivity index is 1.57. The lowest BCUT2D eigenvalue weighted by Gasteiger charge is -2.12. The van der Waals surface area contributed by atoms with Crippen molar-refractivity contribution in [1.29, 1.82) is 0 Å². The summed E-state index contributed by atoms with van der Waals surface area (Å²) in [6.45, 7) is 2.84. The van der Waals surface area contributed by atoms with Crippen molar-refractivity contribution in [2.75, 3.05) is 11.4 Å². The molecule has 6 nitrogen and oxygen atoms in total. The summed E-state index contributed by atoms with van der Waals surface area (Å²) < 4.78 is 0. The molecule has 25 heavy (non-hydrogen) atoms. The lowest BCUT2D eigenvalue weighted by molar-refractivity contribution is -0.126. The van der Waals surface area contributed by atoms with Gasteiger partial charge in [0.25, 0.3) is 0 Å². The zero-order chi connectivity index (χ0) is 17.8. The van der Waals surface area contributed by atoms with Gasteiger partial charge in [-0.25, -0.2) is 0 Å². The van der Waals surface area contributed by atoms with Crippen LogP contribution in [0.2, 0.25) is 5.02 Å². The van der Waals surface area contributed by atoms with Crippen LogP contribution >= 0.6 is 22.9 Å². The number of anilines is 1. The van der Waals surface area contributed by atoms with E-state index in [2.05, 4.69) is 22.4 Å². The Labute approximate surface area is 155 Å². The summed E-state index contributed by atoms with van der Waals surface area (Å²) >= 11 is 7.27. The fourth-order valence-corrected chi connectivity index (χ4v) is 3.77. The predicted molar refractivity (Wildman–Crippen MR) is 97.7 cm³/mol. The highest BCUT2D eigenvalue weighted by Crippen LogP contribution is 2.28. The van der Waals surface area contributed by atoms with Gasteiger partial charge in [0.05, 0.1) is 5.92 Å². The second-order valence-electron chi connectivity index (χ2n) is 5.98. The third kappa shape index (κ3) is 4.35. The molecule has 2 amide bonds. The lowest BCUT2D eigenvalue weighted by Crippen LogP contribution is -2.32. The van der Waals surface area contributed by atoms with E-state index in [9.17, 15) is 9.59 Å². The summed E-state index contributed by atoms with van der Waals surface area (Å²) in [6, 6.07) is 7.30. The molecule has 1 fully saturated rings. The van der Waals surface area contributed by atoms with E-state index in [4.69, 9.17) is 11.6 Å². The predicted octanol–water partition coefficient (Wildman–Crippen LogP) is 2.81. The number of benzene rings is 1. The van der Waals surface area contributed by atoms with Crippen molar-refractivity contribution in [3.63, 3.8) is 0 Å². The van der Waals surface area contributed by atoms with Gasteiger partial charge in [-0.2, -0.15) is 0 Å². The molecule has 1 aliphatic rings. The number of carbonyl (C=O) groups excluding carboxylic acids is 2. The Morgan fingerprint density at radius 1 is 1.36 bits per heavy atom. The van der Waals surface area contributed by atoms with E-state index in [-0.39, 0.29) is 24.2 Å². The Hall–Kier alpha value is -1.99. The number of rotatable bonds is 6. The average molecular weight is 379 g/mol. The molecule has 1 aliphatic heterocycles. The number of aryl methyl sites for hydroxylation is 1. The average Bonchev–Trinajstić information content (AvgIpc) is 3.21. The van der Waals surface area contributed by atoms with Crippen molar-refractivity contribution in [2.45, 2.75) is 32.7 Å². The van der Waals surface area contributed by atoms with Gasteiger partial charge in [-0.15, -0.1) is 10.2 Å². The van der Waals surface area contributed by atoms with Gasteiger partial charge >= 0.3 is 0 Å². The number of hydrogen-bond acceptors (Lipinski definition) is 5. The van der Waals surface area contributed by atoms with Gasteiger partial charge in [0, 0.05) is 31.0 Å². The summed E-state index contributed by atoms with van der Waals surface area (Å²) in [7, 11) is 0. The molecular weight excluding hydrogens is 360 g/mol. The maximum absolute atomic E-state index is 12.4. The first-order valence-corrected chi connectivity index (χ1v) is 9.41. The van der Waals surface area contributed by atoms with Crippen LogP contribution in [-0.2, 0) is 22.6 Å². The summed E-state index contributed by atoms with van der Waals surface area (Å²) in [6.07, 6.45) is 2.04. The third-order valence-corrected chi connectivity index (χ3v) is 5.28. The number of carbonyl (C=O) groups is 2. The first kappa shape index (κ1) is 17.8. The van der Waals surface area contributed by atoms with Crippen LogP contribution in [0.25, 0.3) is 0 Å². The van der Waals surface area contributed by atoms with E-state index >= 15 is 0 Å². The van der Waals surface area contributed by atoms with Crippen LogP contribution in [0.15, 0.2) is 24.3 Å². The van der Waals surface area contributed by atoms with Crippen LogP contribution in [0.3, 0.4) is 0 Å². The van der Waals surface area contributed by atoms with Gasteiger partial charge in [0.2, 0.25) is 16.9 Å². The summed E-state index contributed by atoms with van der Waals surface area (Å²) in [4.78, 5) is 26.2. The standard InChI is InChI=1S/C17H19ClN4O2S/c1-2-3-14-20-21-17(25-14)22-10-12(8-15(22)23)16(24)19-9-11-4-6-13(18)7-5-11/h4-7,12H,2-3,8-10H2,1H3,(H,19,24). The molecule has 1 saturated heterocycles. The van der Waals surface area contributed by atoms with Gasteiger partial charge in [0.1, 0.15) is 5.01 Å². The van der Waals surface area contributed by atoms with Crippen molar-refractivity contribution >= 4 is 39.9 Å². The molecule has 3 rings (SSSR count). The highest BCUT2D eigenvalue weighted by Gasteiger charge is 2.36. The van der Waals surface area contributed by atoms with E-state index in [0.29, 0.717) is 23.2 Å². The molecule has 0 saturated carbocycles. The molecule has 0 aliphatic carbocycles. The Bertz CT molecular complexity index is 762. The van der Waals surface area contributed by atoms with Crippen molar-refractivity contribution in [1.82, 2.24) is 15.5 Å². The van der Waals surface area contributed by atoms with Crippen LogP contribution in [0.5, 0.6) is 0 Å². The van der Waals surface area contributed by atoms with Crippen molar-refractivity contribution in [3.8, 4) is 0 Å². The van der Waals surface area contributed by atoms with E-state index in [1.807, 2.05) is 12.1 Å². The molecule has 1 aromatic heterocycles. The number of aromatic nitrogens is 2. The fourth-order valence-electron chi connectivity index (χ4n) is 2.67. The zero-order valence-corrected chi connectivity index (χ0v) is 15.4. The largest absolute Gasteiger partial charge is 0.352 e. The topological polar surface area (TPSA) is 75.2 Å². The van der Waals surface area contributed by atoms with Crippen LogP contribution < -0.4 is 10.2 Å². The van der Waals surface area contributed by atoms with Gasteiger partial charge in [-0.3, -0.25) is 14.5 Å². The van der Waals surface area contributed by atoms with Crippen LogP contribution in [0.1, 0.15) is 30.3 Å². The minimum absolute atomic E-state index is 0.0779. The Morgan fingerprint density at radius 3 is 2.84 bits per heavy atom. The molecule has 1 N–H and O–H groups in total. The first-order valence-electron chi connectivity index (χ1n) is 8.21. The van der Waals surface area contributed by atoms with Gasteiger partial charge < -0.3 is 5.32 Å². The molecule has 1 unspecified atom stereocenters. The normalized spacial score (nSPS) is 17.1. The molecule has 2 aromatic rings. The van der Waals surface area contributed by atoms with E-state index in [1.165, 1.54) is 11.3 Å². The smallest absolute Gasteiger partial charge is 0.229 e. The fraction of sp³-hybridized carbons (Fsp3) is 0.412. The first-order chi connectivity index (χ1) is 12.1. The van der Waals surface area contributed by atoms with Crippen molar-refractivity contribution < 1.29 is 9.59 Å². The summed E-state index contributed by atoms with van der Waals surface area (Å²) in [5.41, 5.74) is 0.965. The molecule has 2 heterocycles. The molecule has 1 aromatic carbocycles. The number of halogens is 1. The summed E-state index contributed by atoms with van der Waals surface area (Å²) in [5.74, 6) is -0.562. The summed E-state index contributed by atoms with van der Waals surface area (Å²) in [5, 5.41) is 13.2. The van der Waals surface area contributed by atoms with Crippen LogP contribution in [-0.4, -0.2) is 28.6 Å². The minimum atomic E-state index is -0.363. The van der Waals surface area contributed by atoms with Gasteiger partial charge in [-0.05, 0) is 24.1 Å². The Kier molecular flexibility index (Phi) is 5.65. The van der Waals surface area contributed by atoms with E-state index < -0.39 is 0 Å². The zero-order valence-electron chi connectivity index (χ0n) is 13.9. The molecular formula is C17H19ClN4O2S. The number of hydrogen-bond donors (Lipinski definition) is 1. The van der Waals surface area contributed by atoms with Gasteiger partial charge in [-0.1, -0.05) is 42.0 Å². The highest BCUT2D eigenvalue weighted by molar-refractivity contribution is 7.15. The minimum Gasteiger partial charge on any atom is -0.352 e. The SMILES string of the molecule is CCCc1nnc(N2CC(C(=O)NCc3ccc(Cl)cc3)CC2=O)s1. The third-order valence-electron chi connectivity index (χ3n) is 4.03. The molecule has 0 bridgehead atoms. The van der Waals surface area contributed by atoms with Crippen LogP contribution in [0, 0.1) is 5.92 Å². The molecule has 132 valence electrons. The van der Waals surface area contributed by atoms with E-state index in [1.54, 1.807) is 17.0 Å². The Morgan fingerprint density at radius 2 is 2.12 bits per heavy atom. The number of nitrogens with one attached hydrogen (secondary N) is 1.